The molecule has 1 heterocycles. The summed E-state index contributed by atoms with van der Waals surface area (Å²) in [6.45, 7) is 10.6. The topological polar surface area (TPSA) is 64.6 Å². The van der Waals surface area contributed by atoms with Crippen LogP contribution >= 0.6 is 0 Å². The summed E-state index contributed by atoms with van der Waals surface area (Å²) in [5.41, 5.74) is 5.17. The fourth-order valence-corrected chi connectivity index (χ4v) is 4.83. The van der Waals surface area contributed by atoms with E-state index in [1.165, 1.54) is 0 Å². The van der Waals surface area contributed by atoms with E-state index in [1.807, 2.05) is 34.6 Å². The van der Waals surface area contributed by atoms with E-state index < -0.39 is 10.0 Å². The van der Waals surface area contributed by atoms with Gasteiger partial charge in [0.1, 0.15) is 13.2 Å². The number of fused-ring (bicyclic) bond motifs is 1. The van der Waals surface area contributed by atoms with Crippen LogP contribution in [-0.4, -0.2) is 21.6 Å². The van der Waals surface area contributed by atoms with Crippen molar-refractivity contribution in [3.8, 4) is 11.5 Å². The minimum atomic E-state index is -3.71. The third kappa shape index (κ3) is 3.06. The Morgan fingerprint density at radius 1 is 0.800 bits per heavy atom. The molecule has 0 aliphatic carbocycles. The van der Waals surface area contributed by atoms with Crippen molar-refractivity contribution in [2.45, 2.75) is 39.5 Å². The quantitative estimate of drug-likeness (QED) is 0.903. The maximum absolute atomic E-state index is 13.0. The van der Waals surface area contributed by atoms with Crippen molar-refractivity contribution in [1.82, 2.24) is 0 Å². The molecule has 3 rings (SSSR count). The second kappa shape index (κ2) is 6.26. The molecule has 1 N–H and O–H groups in total. The molecule has 2 aromatic rings. The van der Waals surface area contributed by atoms with E-state index in [9.17, 15) is 8.42 Å². The van der Waals surface area contributed by atoms with Gasteiger partial charge in [-0.2, -0.15) is 0 Å². The van der Waals surface area contributed by atoms with Crippen LogP contribution in [0.25, 0.3) is 0 Å². The van der Waals surface area contributed by atoms with Crippen LogP contribution in [0.3, 0.4) is 0 Å². The lowest BCUT2D eigenvalue weighted by molar-refractivity contribution is 0.171. The smallest absolute Gasteiger partial charge is 0.262 e. The van der Waals surface area contributed by atoms with Crippen LogP contribution < -0.4 is 14.2 Å². The maximum atomic E-state index is 13.0. The van der Waals surface area contributed by atoms with E-state index in [2.05, 4.69) is 4.72 Å². The molecule has 0 saturated heterocycles. The summed E-state index contributed by atoms with van der Waals surface area (Å²) in [5.74, 6) is 1.18. The average Bonchev–Trinajstić information content (AvgIpc) is 2.57. The van der Waals surface area contributed by atoms with Gasteiger partial charge in [0.05, 0.1) is 10.6 Å². The Hall–Kier alpha value is -2.21. The summed E-state index contributed by atoms with van der Waals surface area (Å²) in [4.78, 5) is 0.350. The van der Waals surface area contributed by atoms with E-state index in [0.717, 1.165) is 27.8 Å². The molecule has 0 unspecified atom stereocenters. The van der Waals surface area contributed by atoms with Gasteiger partial charge in [-0.1, -0.05) is 0 Å². The molecule has 0 amide bonds. The van der Waals surface area contributed by atoms with Gasteiger partial charge in [-0.05, 0) is 74.6 Å². The lowest BCUT2D eigenvalue weighted by Crippen LogP contribution is -2.19. The number of nitrogens with one attached hydrogen (secondary N) is 1. The summed E-state index contributed by atoms with van der Waals surface area (Å²) < 4.78 is 39.8. The van der Waals surface area contributed by atoms with E-state index in [1.54, 1.807) is 18.2 Å². The van der Waals surface area contributed by atoms with Crippen molar-refractivity contribution in [1.29, 1.82) is 0 Å². The molecular formula is C19H23NO4S. The van der Waals surface area contributed by atoms with E-state index in [4.69, 9.17) is 9.47 Å². The summed E-state index contributed by atoms with van der Waals surface area (Å²) >= 11 is 0. The van der Waals surface area contributed by atoms with Crippen LogP contribution in [0.2, 0.25) is 0 Å². The van der Waals surface area contributed by atoms with Crippen LogP contribution in [0.15, 0.2) is 23.1 Å². The van der Waals surface area contributed by atoms with Crippen LogP contribution in [0.1, 0.15) is 27.8 Å². The first-order chi connectivity index (χ1) is 11.7. The summed E-state index contributed by atoms with van der Waals surface area (Å²) in [6, 6.07) is 5.06. The van der Waals surface area contributed by atoms with E-state index >= 15 is 0 Å². The molecule has 134 valence electrons. The van der Waals surface area contributed by atoms with Gasteiger partial charge in [0.2, 0.25) is 0 Å². The largest absolute Gasteiger partial charge is 0.486 e. The lowest BCUT2D eigenvalue weighted by Gasteiger charge is -2.21. The molecule has 25 heavy (non-hydrogen) atoms. The monoisotopic (exact) mass is 361 g/mol. The number of ether oxygens (including phenoxy) is 2. The summed E-state index contributed by atoms with van der Waals surface area (Å²) in [6.07, 6.45) is 0. The zero-order valence-electron chi connectivity index (χ0n) is 15.2. The van der Waals surface area contributed by atoms with Crippen molar-refractivity contribution in [3.05, 3.63) is 46.0 Å². The molecule has 6 heteroatoms. The number of hydrogen-bond donors (Lipinski definition) is 1. The third-order valence-corrected chi connectivity index (χ3v) is 6.65. The number of anilines is 1. The second-order valence-electron chi connectivity index (χ2n) is 6.42. The van der Waals surface area contributed by atoms with Gasteiger partial charge in [0, 0.05) is 6.07 Å². The van der Waals surface area contributed by atoms with Crippen molar-refractivity contribution in [3.63, 3.8) is 0 Å². The average molecular weight is 361 g/mol. The molecular weight excluding hydrogens is 338 g/mol. The van der Waals surface area contributed by atoms with Crippen molar-refractivity contribution in [2.75, 3.05) is 17.9 Å². The highest BCUT2D eigenvalue weighted by atomic mass is 32.2. The van der Waals surface area contributed by atoms with Crippen LogP contribution in [0.5, 0.6) is 11.5 Å². The molecule has 0 spiro atoms. The Balaban J connectivity index is 2.04. The fraction of sp³-hybridized carbons (Fsp3) is 0.368. The SMILES string of the molecule is Cc1c(C)c(C)c(S(=O)(=O)Nc2ccc3c(c2)OCCO3)c(C)c1C. The minimum absolute atomic E-state index is 0.350. The van der Waals surface area contributed by atoms with Crippen molar-refractivity contribution >= 4 is 15.7 Å². The predicted molar refractivity (Wildman–Crippen MR) is 98.4 cm³/mol. The molecule has 5 nitrogen and oxygen atoms in total. The fourth-order valence-electron chi connectivity index (χ4n) is 3.18. The minimum Gasteiger partial charge on any atom is -0.486 e. The van der Waals surface area contributed by atoms with Gasteiger partial charge in [0.15, 0.2) is 11.5 Å². The van der Waals surface area contributed by atoms with Gasteiger partial charge >= 0.3 is 0 Å². The highest BCUT2D eigenvalue weighted by Crippen LogP contribution is 2.35. The standard InChI is InChI=1S/C19H23NO4S/c1-11-12(2)14(4)19(15(5)13(11)3)25(21,22)20-16-6-7-17-18(10-16)24-9-8-23-17/h6-7,10,20H,8-9H2,1-5H3. The first-order valence-electron chi connectivity index (χ1n) is 8.22. The number of sulfonamides is 1. The van der Waals surface area contributed by atoms with Gasteiger partial charge in [-0.25, -0.2) is 8.42 Å². The Morgan fingerprint density at radius 3 is 1.92 bits per heavy atom. The number of hydrogen-bond acceptors (Lipinski definition) is 4. The van der Waals surface area contributed by atoms with E-state index in [0.29, 0.717) is 35.3 Å². The Labute approximate surface area is 149 Å². The molecule has 0 saturated carbocycles. The molecule has 0 fully saturated rings. The zero-order chi connectivity index (χ0) is 18.4. The lowest BCUT2D eigenvalue weighted by atomic mass is 9.95. The molecule has 1 aliphatic heterocycles. The van der Waals surface area contributed by atoms with Crippen LogP contribution in [0.4, 0.5) is 5.69 Å². The molecule has 0 bridgehead atoms. The summed E-state index contributed by atoms with van der Waals surface area (Å²) in [5, 5.41) is 0. The Bertz CT molecular complexity index is 919. The molecule has 0 aromatic heterocycles. The maximum Gasteiger partial charge on any atom is 0.262 e. The van der Waals surface area contributed by atoms with Gasteiger partial charge < -0.3 is 9.47 Å². The molecule has 1 aliphatic rings. The zero-order valence-corrected chi connectivity index (χ0v) is 16.0. The Kier molecular flexibility index (Phi) is 4.41. The molecule has 2 aromatic carbocycles. The van der Waals surface area contributed by atoms with Gasteiger partial charge in [0.25, 0.3) is 10.0 Å². The highest BCUT2D eigenvalue weighted by Gasteiger charge is 2.24. The Morgan fingerprint density at radius 2 is 1.32 bits per heavy atom. The highest BCUT2D eigenvalue weighted by molar-refractivity contribution is 7.92. The van der Waals surface area contributed by atoms with Crippen molar-refractivity contribution < 1.29 is 17.9 Å². The molecule has 0 radical (unpaired) electrons. The first-order valence-corrected chi connectivity index (χ1v) is 9.70. The first kappa shape index (κ1) is 17.6. The van der Waals surface area contributed by atoms with Gasteiger partial charge in [-0.15, -0.1) is 0 Å². The predicted octanol–water partition coefficient (Wildman–Crippen LogP) is 3.80. The second-order valence-corrected chi connectivity index (χ2v) is 8.04. The van der Waals surface area contributed by atoms with Crippen LogP contribution in [0, 0.1) is 34.6 Å². The summed E-state index contributed by atoms with van der Waals surface area (Å²) in [7, 11) is -3.71. The number of rotatable bonds is 3. The number of benzene rings is 2. The van der Waals surface area contributed by atoms with Crippen LogP contribution in [-0.2, 0) is 10.0 Å². The molecule has 0 atom stereocenters. The normalized spacial score (nSPS) is 13.6. The van der Waals surface area contributed by atoms with E-state index in [-0.39, 0.29) is 0 Å². The van der Waals surface area contributed by atoms with Crippen molar-refractivity contribution in [2.24, 2.45) is 0 Å². The third-order valence-electron chi connectivity index (χ3n) is 4.99. The van der Waals surface area contributed by atoms with Gasteiger partial charge in [-0.3, -0.25) is 4.72 Å².